The quantitative estimate of drug-likeness (QED) is 0.847. The van der Waals surface area contributed by atoms with Gasteiger partial charge in [-0.2, -0.15) is 0 Å². The summed E-state index contributed by atoms with van der Waals surface area (Å²) in [4.78, 5) is 3.97. The van der Waals surface area contributed by atoms with Crippen molar-refractivity contribution in [1.82, 2.24) is 4.98 Å². The van der Waals surface area contributed by atoms with Crippen LogP contribution in [0.5, 0.6) is 0 Å². The molecule has 16 heavy (non-hydrogen) atoms. The van der Waals surface area contributed by atoms with Crippen molar-refractivity contribution in [3.63, 3.8) is 0 Å². The third-order valence-corrected chi connectivity index (χ3v) is 3.32. The zero-order valence-electron chi connectivity index (χ0n) is 10.8. The summed E-state index contributed by atoms with van der Waals surface area (Å²) in [6.07, 6.45) is 4.87. The highest BCUT2D eigenvalue weighted by atomic mass is 16.3. The molecule has 0 radical (unpaired) electrons. The first-order valence-corrected chi connectivity index (χ1v) is 5.96. The molecule has 0 bridgehead atoms. The fraction of sp³-hybridized carbons (Fsp3) is 0.643. The van der Waals surface area contributed by atoms with Crippen LogP contribution in [0.2, 0.25) is 0 Å². The van der Waals surface area contributed by atoms with Gasteiger partial charge in [-0.05, 0) is 41.9 Å². The number of hydrogen-bond donors (Lipinski definition) is 1. The Morgan fingerprint density at radius 3 is 2.31 bits per heavy atom. The van der Waals surface area contributed by atoms with Gasteiger partial charge in [-0.15, -0.1) is 0 Å². The lowest BCUT2D eigenvalue weighted by molar-refractivity contribution is 0.110. The molecule has 0 aromatic carbocycles. The van der Waals surface area contributed by atoms with E-state index in [1.54, 1.807) is 12.4 Å². The Kier molecular flexibility index (Phi) is 4.48. The van der Waals surface area contributed by atoms with Gasteiger partial charge in [0.2, 0.25) is 0 Å². The van der Waals surface area contributed by atoms with Crippen molar-refractivity contribution in [2.75, 3.05) is 0 Å². The Morgan fingerprint density at radius 1 is 1.25 bits per heavy atom. The zero-order valence-corrected chi connectivity index (χ0v) is 10.8. The summed E-state index contributed by atoms with van der Waals surface area (Å²) in [5.41, 5.74) is 1.42. The summed E-state index contributed by atoms with van der Waals surface area (Å²) < 4.78 is 0. The van der Waals surface area contributed by atoms with E-state index >= 15 is 0 Å². The van der Waals surface area contributed by atoms with Crippen molar-refractivity contribution >= 4 is 0 Å². The fourth-order valence-electron chi connectivity index (χ4n) is 1.64. The van der Waals surface area contributed by atoms with Crippen LogP contribution < -0.4 is 0 Å². The average Bonchev–Trinajstić information content (AvgIpc) is 2.17. The van der Waals surface area contributed by atoms with Crippen molar-refractivity contribution < 1.29 is 5.11 Å². The second kappa shape index (κ2) is 5.44. The lowest BCUT2D eigenvalue weighted by Crippen LogP contribution is -2.24. The standard InChI is InChI=1S/C14H23NO/c1-11(14(2,3)4)9-13(16)10-12-5-7-15-8-6-12/h5-8,11,13,16H,9-10H2,1-4H3. The van der Waals surface area contributed by atoms with Crippen LogP contribution in [-0.4, -0.2) is 16.2 Å². The maximum Gasteiger partial charge on any atom is 0.0583 e. The molecule has 0 aliphatic rings. The topological polar surface area (TPSA) is 33.1 Å². The second-order valence-corrected chi connectivity index (χ2v) is 5.72. The zero-order chi connectivity index (χ0) is 12.2. The minimum atomic E-state index is -0.253. The summed E-state index contributed by atoms with van der Waals surface area (Å²) in [5.74, 6) is 0.518. The van der Waals surface area contributed by atoms with E-state index in [-0.39, 0.29) is 11.5 Å². The average molecular weight is 221 g/mol. The van der Waals surface area contributed by atoms with Gasteiger partial charge in [0.25, 0.3) is 0 Å². The van der Waals surface area contributed by atoms with Crippen LogP contribution in [0.3, 0.4) is 0 Å². The number of hydrogen-bond acceptors (Lipinski definition) is 2. The molecule has 0 aliphatic carbocycles. The molecule has 0 spiro atoms. The van der Waals surface area contributed by atoms with Crippen LogP contribution in [0.4, 0.5) is 0 Å². The number of pyridine rings is 1. The molecule has 90 valence electrons. The van der Waals surface area contributed by atoms with E-state index in [9.17, 15) is 5.11 Å². The lowest BCUT2D eigenvalue weighted by atomic mass is 9.78. The number of rotatable bonds is 4. The van der Waals surface area contributed by atoms with E-state index in [4.69, 9.17) is 0 Å². The normalized spacial score (nSPS) is 15.8. The Morgan fingerprint density at radius 2 is 1.81 bits per heavy atom. The summed E-state index contributed by atoms with van der Waals surface area (Å²) in [6, 6.07) is 3.93. The molecule has 1 aromatic rings. The van der Waals surface area contributed by atoms with Gasteiger partial charge >= 0.3 is 0 Å². The molecule has 2 atom stereocenters. The van der Waals surface area contributed by atoms with Crippen LogP contribution in [0.1, 0.15) is 39.7 Å². The van der Waals surface area contributed by atoms with Crippen molar-refractivity contribution in [1.29, 1.82) is 0 Å². The molecule has 1 aromatic heterocycles. The van der Waals surface area contributed by atoms with Crippen LogP contribution in [0, 0.1) is 11.3 Å². The predicted octanol–water partition coefficient (Wildman–Crippen LogP) is 3.06. The van der Waals surface area contributed by atoms with Gasteiger partial charge in [-0.1, -0.05) is 27.7 Å². The molecular weight excluding hydrogens is 198 g/mol. The first-order valence-electron chi connectivity index (χ1n) is 5.96. The molecule has 0 aliphatic heterocycles. The molecule has 2 unspecified atom stereocenters. The van der Waals surface area contributed by atoms with Gasteiger partial charge in [0.1, 0.15) is 0 Å². The Labute approximate surface area is 98.7 Å². The number of aromatic nitrogens is 1. The Balaban J connectivity index is 2.45. The summed E-state index contributed by atoms with van der Waals surface area (Å²) in [7, 11) is 0. The maximum absolute atomic E-state index is 10.0. The van der Waals surface area contributed by atoms with Gasteiger partial charge in [-0.3, -0.25) is 4.98 Å². The van der Waals surface area contributed by atoms with Crippen molar-refractivity contribution in [2.24, 2.45) is 11.3 Å². The summed E-state index contributed by atoms with van der Waals surface area (Å²) in [5, 5.41) is 10.0. The molecule has 1 N–H and O–H groups in total. The smallest absolute Gasteiger partial charge is 0.0583 e. The van der Waals surface area contributed by atoms with Crippen LogP contribution in [0.15, 0.2) is 24.5 Å². The highest BCUT2D eigenvalue weighted by Gasteiger charge is 2.22. The molecule has 0 saturated carbocycles. The van der Waals surface area contributed by atoms with E-state index in [0.717, 1.165) is 18.4 Å². The molecule has 1 heterocycles. The van der Waals surface area contributed by atoms with Crippen molar-refractivity contribution in [2.45, 2.75) is 46.6 Å². The van der Waals surface area contributed by atoms with Crippen LogP contribution in [-0.2, 0) is 6.42 Å². The Bertz CT molecular complexity index is 302. The first-order chi connectivity index (χ1) is 7.39. The number of aliphatic hydroxyl groups is 1. The molecule has 1 rings (SSSR count). The highest BCUT2D eigenvalue weighted by Crippen LogP contribution is 2.29. The van der Waals surface area contributed by atoms with Gasteiger partial charge < -0.3 is 5.11 Å². The van der Waals surface area contributed by atoms with E-state index in [1.807, 2.05) is 12.1 Å². The summed E-state index contributed by atoms with van der Waals surface area (Å²) in [6.45, 7) is 8.86. The molecule has 2 heteroatoms. The van der Waals surface area contributed by atoms with Crippen molar-refractivity contribution in [3.05, 3.63) is 30.1 Å². The third kappa shape index (κ3) is 4.31. The molecule has 0 amide bonds. The SMILES string of the molecule is CC(CC(O)Cc1ccncc1)C(C)(C)C. The molecule has 0 saturated heterocycles. The minimum Gasteiger partial charge on any atom is -0.393 e. The molecular formula is C14H23NO. The van der Waals surface area contributed by atoms with Crippen molar-refractivity contribution in [3.8, 4) is 0 Å². The monoisotopic (exact) mass is 221 g/mol. The van der Waals surface area contributed by atoms with Gasteiger partial charge in [0, 0.05) is 12.4 Å². The van der Waals surface area contributed by atoms with Gasteiger partial charge in [0.05, 0.1) is 6.10 Å². The van der Waals surface area contributed by atoms with E-state index in [0.29, 0.717) is 5.92 Å². The van der Waals surface area contributed by atoms with E-state index < -0.39 is 0 Å². The number of aliphatic hydroxyl groups excluding tert-OH is 1. The van der Waals surface area contributed by atoms with Gasteiger partial charge in [-0.25, -0.2) is 0 Å². The largest absolute Gasteiger partial charge is 0.393 e. The fourth-order valence-corrected chi connectivity index (χ4v) is 1.64. The predicted molar refractivity (Wildman–Crippen MR) is 67.2 cm³/mol. The summed E-state index contributed by atoms with van der Waals surface area (Å²) >= 11 is 0. The first kappa shape index (κ1) is 13.2. The second-order valence-electron chi connectivity index (χ2n) is 5.72. The van der Waals surface area contributed by atoms with E-state index in [1.165, 1.54) is 0 Å². The molecule has 2 nitrogen and oxygen atoms in total. The van der Waals surface area contributed by atoms with E-state index in [2.05, 4.69) is 32.7 Å². The van der Waals surface area contributed by atoms with Crippen LogP contribution >= 0.6 is 0 Å². The number of nitrogens with zero attached hydrogens (tertiary/aromatic N) is 1. The molecule has 0 fully saturated rings. The lowest BCUT2D eigenvalue weighted by Gasteiger charge is -2.29. The highest BCUT2D eigenvalue weighted by molar-refractivity contribution is 5.10. The Hall–Kier alpha value is -0.890. The van der Waals surface area contributed by atoms with Crippen LogP contribution in [0.25, 0.3) is 0 Å². The minimum absolute atomic E-state index is 0.253. The third-order valence-electron chi connectivity index (χ3n) is 3.32. The maximum atomic E-state index is 10.0. The van der Waals surface area contributed by atoms with Gasteiger partial charge in [0.15, 0.2) is 0 Å².